The predicted octanol–water partition coefficient (Wildman–Crippen LogP) is 3.81. The van der Waals surface area contributed by atoms with Crippen LogP contribution in [0.1, 0.15) is 24.5 Å². The van der Waals surface area contributed by atoms with Crippen molar-refractivity contribution < 1.29 is 9.47 Å². The molecule has 26 heavy (non-hydrogen) atoms. The van der Waals surface area contributed by atoms with Crippen LogP contribution in [0.25, 0.3) is 11.1 Å². The average molecular weight is 348 g/mol. The molecule has 0 bridgehead atoms. The third-order valence-corrected chi connectivity index (χ3v) is 4.46. The lowest BCUT2D eigenvalue weighted by Gasteiger charge is -2.22. The van der Waals surface area contributed by atoms with Crippen LogP contribution in [0.2, 0.25) is 0 Å². The largest absolute Gasteiger partial charge is 0.437 e. The molecule has 1 aromatic carbocycles. The second-order valence-electron chi connectivity index (χ2n) is 6.22. The fourth-order valence-electron chi connectivity index (χ4n) is 3.13. The van der Waals surface area contributed by atoms with Gasteiger partial charge in [0.2, 0.25) is 5.88 Å². The molecule has 132 valence electrons. The fourth-order valence-corrected chi connectivity index (χ4v) is 3.13. The van der Waals surface area contributed by atoms with Gasteiger partial charge in [0, 0.05) is 36.7 Å². The number of nitrogen functional groups attached to an aromatic ring is 1. The summed E-state index contributed by atoms with van der Waals surface area (Å²) in [4.78, 5) is 13.0. The molecule has 6 nitrogen and oxygen atoms in total. The molecule has 3 aromatic rings. The van der Waals surface area contributed by atoms with Crippen LogP contribution in [0.3, 0.4) is 0 Å². The number of ether oxygens (including phenoxy) is 2. The van der Waals surface area contributed by atoms with Crippen molar-refractivity contribution in [2.24, 2.45) is 0 Å². The first-order chi connectivity index (χ1) is 12.8. The number of nitrogens with zero attached hydrogens (tertiary/aromatic N) is 3. The Labute approximate surface area is 152 Å². The average Bonchev–Trinajstić information content (AvgIpc) is 2.70. The van der Waals surface area contributed by atoms with Gasteiger partial charge in [-0.15, -0.1) is 0 Å². The van der Waals surface area contributed by atoms with Gasteiger partial charge in [0.15, 0.2) is 0 Å². The Kier molecular flexibility index (Phi) is 4.75. The Morgan fingerprint density at radius 2 is 1.85 bits per heavy atom. The molecule has 0 radical (unpaired) electrons. The second-order valence-corrected chi connectivity index (χ2v) is 6.22. The zero-order valence-electron chi connectivity index (χ0n) is 14.3. The molecule has 1 saturated heterocycles. The Balaban J connectivity index is 1.56. The van der Waals surface area contributed by atoms with Gasteiger partial charge in [-0.1, -0.05) is 12.1 Å². The first-order valence-corrected chi connectivity index (χ1v) is 8.68. The van der Waals surface area contributed by atoms with E-state index in [1.807, 2.05) is 36.4 Å². The van der Waals surface area contributed by atoms with Gasteiger partial charge in [0.25, 0.3) is 0 Å². The molecule has 0 aliphatic carbocycles. The highest BCUT2D eigenvalue weighted by Gasteiger charge is 2.22. The van der Waals surface area contributed by atoms with Gasteiger partial charge in [0.05, 0.1) is 6.61 Å². The Morgan fingerprint density at radius 1 is 1.00 bits per heavy atom. The highest BCUT2D eigenvalue weighted by molar-refractivity contribution is 5.73. The van der Waals surface area contributed by atoms with E-state index in [4.69, 9.17) is 15.2 Å². The van der Waals surface area contributed by atoms with Gasteiger partial charge in [-0.2, -0.15) is 0 Å². The summed E-state index contributed by atoms with van der Waals surface area (Å²) in [5, 5.41) is 0. The van der Waals surface area contributed by atoms with Crippen LogP contribution in [0.5, 0.6) is 11.6 Å². The van der Waals surface area contributed by atoms with Crippen molar-refractivity contribution in [3.8, 4) is 22.8 Å². The molecule has 3 heterocycles. The number of anilines is 1. The summed E-state index contributed by atoms with van der Waals surface area (Å²) in [7, 11) is 0. The normalized spacial score (nSPS) is 17.0. The summed E-state index contributed by atoms with van der Waals surface area (Å²) in [6.07, 6.45) is 7.09. The van der Waals surface area contributed by atoms with E-state index in [1.54, 1.807) is 18.6 Å². The minimum atomic E-state index is 0.224. The molecule has 0 spiro atoms. The van der Waals surface area contributed by atoms with E-state index in [0.717, 1.165) is 36.3 Å². The summed E-state index contributed by atoms with van der Waals surface area (Å²) >= 11 is 0. The zero-order chi connectivity index (χ0) is 17.8. The Morgan fingerprint density at radius 3 is 2.62 bits per heavy atom. The molecular weight excluding hydrogens is 328 g/mol. The van der Waals surface area contributed by atoms with Crippen LogP contribution in [0.15, 0.2) is 55.0 Å². The Hall–Kier alpha value is -2.99. The third kappa shape index (κ3) is 3.50. The molecule has 0 saturated carbocycles. The van der Waals surface area contributed by atoms with Crippen LogP contribution in [0.4, 0.5) is 5.82 Å². The van der Waals surface area contributed by atoms with Crippen molar-refractivity contribution in [3.05, 3.63) is 60.7 Å². The first kappa shape index (κ1) is 16.5. The van der Waals surface area contributed by atoms with Crippen LogP contribution in [0, 0.1) is 0 Å². The molecule has 1 fully saturated rings. The smallest absolute Gasteiger partial charge is 0.241 e. The lowest BCUT2D eigenvalue weighted by atomic mass is 9.98. The topological polar surface area (TPSA) is 83.2 Å². The van der Waals surface area contributed by atoms with Gasteiger partial charge in [-0.05, 0) is 42.7 Å². The van der Waals surface area contributed by atoms with Crippen molar-refractivity contribution in [1.29, 1.82) is 0 Å². The number of hydrogen-bond donors (Lipinski definition) is 1. The standard InChI is InChI=1S/C20H20N4O2/c21-19-17(4-1-9-23-19)14-5-7-16(8-6-14)26-20-18(22-10-11-24-20)15-3-2-12-25-13-15/h1,4-11,15H,2-3,12-13H2,(H2,21,23). The van der Waals surface area contributed by atoms with Gasteiger partial charge in [0.1, 0.15) is 17.3 Å². The van der Waals surface area contributed by atoms with Gasteiger partial charge < -0.3 is 15.2 Å². The number of pyridine rings is 1. The molecule has 2 aromatic heterocycles. The minimum Gasteiger partial charge on any atom is -0.437 e. The van der Waals surface area contributed by atoms with Gasteiger partial charge in [-0.25, -0.2) is 9.97 Å². The lowest BCUT2D eigenvalue weighted by molar-refractivity contribution is 0.0784. The summed E-state index contributed by atoms with van der Waals surface area (Å²) in [6, 6.07) is 11.5. The van der Waals surface area contributed by atoms with Crippen molar-refractivity contribution in [3.63, 3.8) is 0 Å². The van der Waals surface area contributed by atoms with E-state index in [1.165, 1.54) is 0 Å². The van der Waals surface area contributed by atoms with E-state index < -0.39 is 0 Å². The fraction of sp³-hybridized carbons (Fsp3) is 0.250. The van der Waals surface area contributed by atoms with Crippen molar-refractivity contribution in [2.75, 3.05) is 18.9 Å². The lowest BCUT2D eigenvalue weighted by Crippen LogP contribution is -2.17. The summed E-state index contributed by atoms with van der Waals surface area (Å²) in [6.45, 7) is 1.47. The molecule has 1 unspecified atom stereocenters. The van der Waals surface area contributed by atoms with Crippen LogP contribution >= 0.6 is 0 Å². The maximum atomic E-state index is 6.01. The van der Waals surface area contributed by atoms with Crippen LogP contribution in [-0.4, -0.2) is 28.2 Å². The van der Waals surface area contributed by atoms with Crippen molar-refractivity contribution in [2.45, 2.75) is 18.8 Å². The molecule has 1 aliphatic heterocycles. The molecule has 2 N–H and O–H groups in total. The zero-order valence-corrected chi connectivity index (χ0v) is 14.3. The van der Waals surface area contributed by atoms with Crippen molar-refractivity contribution >= 4 is 5.82 Å². The van der Waals surface area contributed by atoms with E-state index in [9.17, 15) is 0 Å². The molecule has 1 atom stereocenters. The second kappa shape index (κ2) is 7.49. The number of aromatic nitrogens is 3. The molecule has 1 aliphatic rings. The number of nitrogens with two attached hydrogens (primary N) is 1. The highest BCUT2D eigenvalue weighted by atomic mass is 16.5. The van der Waals surface area contributed by atoms with Crippen molar-refractivity contribution in [1.82, 2.24) is 15.0 Å². The van der Waals surface area contributed by atoms with Crippen LogP contribution < -0.4 is 10.5 Å². The van der Waals surface area contributed by atoms with E-state index in [-0.39, 0.29) is 5.92 Å². The number of rotatable bonds is 4. The highest BCUT2D eigenvalue weighted by Crippen LogP contribution is 2.32. The minimum absolute atomic E-state index is 0.224. The summed E-state index contributed by atoms with van der Waals surface area (Å²) in [5.74, 6) is 1.97. The molecule has 0 amide bonds. The van der Waals surface area contributed by atoms with Gasteiger partial charge in [-0.3, -0.25) is 4.98 Å². The molecule has 6 heteroatoms. The summed E-state index contributed by atoms with van der Waals surface area (Å²) < 4.78 is 11.6. The van der Waals surface area contributed by atoms with Crippen LogP contribution in [-0.2, 0) is 4.74 Å². The number of benzene rings is 1. The maximum absolute atomic E-state index is 6.01. The van der Waals surface area contributed by atoms with E-state index >= 15 is 0 Å². The van der Waals surface area contributed by atoms with E-state index in [0.29, 0.717) is 24.1 Å². The first-order valence-electron chi connectivity index (χ1n) is 8.68. The quantitative estimate of drug-likeness (QED) is 0.772. The Bertz CT molecular complexity index is 877. The summed E-state index contributed by atoms with van der Waals surface area (Å²) in [5.41, 5.74) is 8.69. The molecular formula is C20H20N4O2. The SMILES string of the molecule is Nc1ncccc1-c1ccc(Oc2nccnc2C2CCCOC2)cc1. The van der Waals surface area contributed by atoms with E-state index in [2.05, 4.69) is 15.0 Å². The predicted molar refractivity (Wildman–Crippen MR) is 99.0 cm³/mol. The third-order valence-electron chi connectivity index (χ3n) is 4.46. The monoisotopic (exact) mass is 348 g/mol. The number of hydrogen-bond acceptors (Lipinski definition) is 6. The van der Waals surface area contributed by atoms with Gasteiger partial charge >= 0.3 is 0 Å². The maximum Gasteiger partial charge on any atom is 0.241 e. The molecule has 4 rings (SSSR count).